The highest BCUT2D eigenvalue weighted by atomic mass is 35.5. The van der Waals surface area contributed by atoms with Crippen molar-refractivity contribution in [3.05, 3.63) is 56.6 Å². The van der Waals surface area contributed by atoms with Gasteiger partial charge >= 0.3 is 5.69 Å². The number of aromatic nitrogens is 2. The Morgan fingerprint density at radius 2 is 2.05 bits per heavy atom. The smallest absolute Gasteiger partial charge is 0.309 e. The van der Waals surface area contributed by atoms with Gasteiger partial charge in [-0.15, -0.1) is 11.8 Å². The summed E-state index contributed by atoms with van der Waals surface area (Å²) < 4.78 is 0. The van der Waals surface area contributed by atoms with Crippen LogP contribution < -0.4 is 5.69 Å². The molecule has 0 saturated carbocycles. The van der Waals surface area contributed by atoms with Gasteiger partial charge in [-0.05, 0) is 37.0 Å². The Balaban J connectivity index is 1.80. The molecule has 0 radical (unpaired) electrons. The van der Waals surface area contributed by atoms with E-state index in [1.165, 1.54) is 11.1 Å². The van der Waals surface area contributed by atoms with Crippen LogP contribution in [0.1, 0.15) is 23.2 Å². The van der Waals surface area contributed by atoms with Gasteiger partial charge in [-0.3, -0.25) is 0 Å². The Morgan fingerprint density at radius 3 is 2.84 bits per heavy atom. The number of halogens is 1. The molecule has 1 aromatic carbocycles. The monoisotopic (exact) mass is 292 g/mol. The first-order valence-electron chi connectivity index (χ1n) is 6.22. The molecule has 0 unspecified atom stereocenters. The fourth-order valence-corrected chi connectivity index (χ4v) is 3.45. The predicted octanol–water partition coefficient (Wildman–Crippen LogP) is 3.20. The summed E-state index contributed by atoms with van der Waals surface area (Å²) in [6.45, 7) is 0. The van der Waals surface area contributed by atoms with Gasteiger partial charge in [0, 0.05) is 22.0 Å². The van der Waals surface area contributed by atoms with Gasteiger partial charge in [0.05, 0.1) is 0 Å². The number of fused-ring (bicyclic) bond motifs is 1. The van der Waals surface area contributed by atoms with E-state index in [1.807, 2.05) is 24.3 Å². The van der Waals surface area contributed by atoms with Crippen LogP contribution in [0.5, 0.6) is 0 Å². The maximum atomic E-state index is 11.5. The van der Waals surface area contributed by atoms with E-state index in [4.69, 9.17) is 11.6 Å². The van der Waals surface area contributed by atoms with Crippen LogP contribution in [0.25, 0.3) is 0 Å². The number of rotatable bonds is 3. The third-order valence-electron chi connectivity index (χ3n) is 3.23. The molecular weight excluding hydrogens is 280 g/mol. The van der Waals surface area contributed by atoms with Gasteiger partial charge in [-0.25, -0.2) is 4.79 Å². The number of H-pyrrole nitrogens is 1. The van der Waals surface area contributed by atoms with Crippen LogP contribution in [-0.4, -0.2) is 9.97 Å². The second kappa shape index (κ2) is 5.39. The molecule has 0 saturated heterocycles. The van der Waals surface area contributed by atoms with Crippen LogP contribution in [0.4, 0.5) is 0 Å². The molecule has 0 amide bonds. The molecule has 1 aromatic heterocycles. The number of hydrogen-bond acceptors (Lipinski definition) is 3. The highest BCUT2D eigenvalue weighted by molar-refractivity contribution is 7.98. The predicted molar refractivity (Wildman–Crippen MR) is 77.9 cm³/mol. The molecule has 98 valence electrons. The van der Waals surface area contributed by atoms with E-state index >= 15 is 0 Å². The first kappa shape index (κ1) is 12.8. The van der Waals surface area contributed by atoms with E-state index < -0.39 is 0 Å². The van der Waals surface area contributed by atoms with Gasteiger partial charge in [0.15, 0.2) is 0 Å². The van der Waals surface area contributed by atoms with Gasteiger partial charge in [0.2, 0.25) is 0 Å². The molecule has 1 heterocycles. The molecule has 1 aliphatic rings. The zero-order valence-electron chi connectivity index (χ0n) is 10.3. The van der Waals surface area contributed by atoms with Crippen LogP contribution in [0.3, 0.4) is 0 Å². The lowest BCUT2D eigenvalue weighted by Crippen LogP contribution is -2.14. The topological polar surface area (TPSA) is 45.8 Å². The standard InChI is InChI=1S/C14H13ClN2OS/c15-10-6-4-9(5-7-10)8-19-13-11-2-1-3-12(11)16-14(18)17-13/h4-7H,1-3,8H2,(H,16,17,18). The molecule has 3 rings (SSSR count). The van der Waals surface area contributed by atoms with Gasteiger partial charge in [-0.2, -0.15) is 4.98 Å². The SMILES string of the molecule is O=c1nc(SCc2ccc(Cl)cc2)c2c([nH]1)CCC2. The molecule has 0 bridgehead atoms. The Bertz CT molecular complexity index is 651. The summed E-state index contributed by atoms with van der Waals surface area (Å²) in [5.41, 5.74) is 3.24. The zero-order chi connectivity index (χ0) is 13.2. The summed E-state index contributed by atoms with van der Waals surface area (Å²) in [6.07, 6.45) is 3.08. The average molecular weight is 293 g/mol. The fraction of sp³-hybridized carbons (Fsp3) is 0.286. The van der Waals surface area contributed by atoms with Gasteiger partial charge in [0.25, 0.3) is 0 Å². The summed E-state index contributed by atoms with van der Waals surface area (Å²) in [5.74, 6) is 0.806. The van der Waals surface area contributed by atoms with Crippen molar-refractivity contribution in [2.75, 3.05) is 0 Å². The second-order valence-electron chi connectivity index (χ2n) is 4.57. The van der Waals surface area contributed by atoms with Crippen molar-refractivity contribution < 1.29 is 0 Å². The van der Waals surface area contributed by atoms with Crippen LogP contribution >= 0.6 is 23.4 Å². The van der Waals surface area contributed by atoms with Crippen molar-refractivity contribution in [1.82, 2.24) is 9.97 Å². The lowest BCUT2D eigenvalue weighted by atomic mass is 10.2. The Morgan fingerprint density at radius 1 is 1.26 bits per heavy atom. The maximum Gasteiger partial charge on any atom is 0.346 e. The Labute approximate surface area is 120 Å². The molecule has 0 fully saturated rings. The third kappa shape index (κ3) is 2.85. The number of aromatic amines is 1. The van der Waals surface area contributed by atoms with Crippen molar-refractivity contribution in [1.29, 1.82) is 0 Å². The summed E-state index contributed by atoms with van der Waals surface area (Å²) >= 11 is 7.49. The maximum absolute atomic E-state index is 11.5. The van der Waals surface area contributed by atoms with Gasteiger partial charge in [-0.1, -0.05) is 23.7 Å². The highest BCUT2D eigenvalue weighted by Crippen LogP contribution is 2.29. The van der Waals surface area contributed by atoms with E-state index in [2.05, 4.69) is 9.97 Å². The Hall–Kier alpha value is -1.26. The highest BCUT2D eigenvalue weighted by Gasteiger charge is 2.17. The van der Waals surface area contributed by atoms with E-state index in [-0.39, 0.29) is 5.69 Å². The summed E-state index contributed by atoms with van der Waals surface area (Å²) in [6, 6.07) is 7.77. The molecule has 0 atom stereocenters. The van der Waals surface area contributed by atoms with E-state index in [1.54, 1.807) is 11.8 Å². The van der Waals surface area contributed by atoms with E-state index in [9.17, 15) is 4.79 Å². The number of hydrogen-bond donors (Lipinski definition) is 1. The summed E-state index contributed by atoms with van der Waals surface area (Å²) in [7, 11) is 0. The quantitative estimate of drug-likeness (QED) is 0.698. The normalized spacial score (nSPS) is 13.5. The lowest BCUT2D eigenvalue weighted by Gasteiger charge is -2.06. The molecular formula is C14H13ClN2OS. The minimum absolute atomic E-state index is 0.237. The van der Waals surface area contributed by atoms with Crippen LogP contribution in [-0.2, 0) is 18.6 Å². The number of thioether (sulfide) groups is 1. The first-order valence-corrected chi connectivity index (χ1v) is 7.58. The van der Waals surface area contributed by atoms with Crippen molar-refractivity contribution >= 4 is 23.4 Å². The molecule has 5 heteroatoms. The number of aryl methyl sites for hydroxylation is 1. The lowest BCUT2D eigenvalue weighted by molar-refractivity contribution is 0.895. The van der Waals surface area contributed by atoms with E-state index in [0.29, 0.717) is 0 Å². The molecule has 2 aromatic rings. The van der Waals surface area contributed by atoms with Crippen molar-refractivity contribution in [3.8, 4) is 0 Å². The van der Waals surface area contributed by atoms with Crippen molar-refractivity contribution in [2.45, 2.75) is 30.0 Å². The number of nitrogens with zero attached hydrogens (tertiary/aromatic N) is 1. The molecule has 0 aliphatic heterocycles. The largest absolute Gasteiger partial charge is 0.346 e. The first-order chi connectivity index (χ1) is 9.22. The number of benzene rings is 1. The number of nitrogens with one attached hydrogen (secondary N) is 1. The van der Waals surface area contributed by atoms with Crippen molar-refractivity contribution in [3.63, 3.8) is 0 Å². The molecule has 1 aliphatic carbocycles. The molecule has 1 N–H and O–H groups in total. The summed E-state index contributed by atoms with van der Waals surface area (Å²) in [4.78, 5) is 18.4. The van der Waals surface area contributed by atoms with Gasteiger partial charge < -0.3 is 4.98 Å². The van der Waals surface area contributed by atoms with E-state index in [0.717, 1.165) is 40.8 Å². The second-order valence-corrected chi connectivity index (χ2v) is 5.97. The van der Waals surface area contributed by atoms with Crippen LogP contribution in [0.15, 0.2) is 34.1 Å². The van der Waals surface area contributed by atoms with Crippen LogP contribution in [0.2, 0.25) is 5.02 Å². The molecule has 3 nitrogen and oxygen atoms in total. The average Bonchev–Trinajstić information content (AvgIpc) is 2.85. The third-order valence-corrected chi connectivity index (χ3v) is 4.57. The van der Waals surface area contributed by atoms with Crippen molar-refractivity contribution in [2.24, 2.45) is 0 Å². The Kier molecular flexibility index (Phi) is 3.62. The molecule has 19 heavy (non-hydrogen) atoms. The molecule has 0 spiro atoms. The van der Waals surface area contributed by atoms with Gasteiger partial charge in [0.1, 0.15) is 5.03 Å². The fourth-order valence-electron chi connectivity index (χ4n) is 2.29. The minimum atomic E-state index is -0.237. The minimum Gasteiger partial charge on any atom is -0.309 e. The summed E-state index contributed by atoms with van der Waals surface area (Å²) in [5, 5.41) is 1.62. The van der Waals surface area contributed by atoms with Crippen LogP contribution in [0, 0.1) is 0 Å². The zero-order valence-corrected chi connectivity index (χ0v) is 11.9.